The monoisotopic (exact) mass is 301 g/mol. The predicted molar refractivity (Wildman–Crippen MR) is 83.7 cm³/mol. The third-order valence-electron chi connectivity index (χ3n) is 4.19. The summed E-state index contributed by atoms with van der Waals surface area (Å²) in [5.74, 6) is 1.42. The molecule has 3 heterocycles. The number of imidazole rings is 1. The van der Waals surface area contributed by atoms with E-state index in [1.165, 1.54) is 0 Å². The van der Waals surface area contributed by atoms with Crippen LogP contribution in [0.1, 0.15) is 47.7 Å². The summed E-state index contributed by atoms with van der Waals surface area (Å²) in [7, 11) is 2.02. The number of hydrogen-bond donors (Lipinski definition) is 0. The highest BCUT2D eigenvalue weighted by molar-refractivity contribution is 5.92. The SMILES string of the molecule is CCCn1ccc(C(=O)N2CC[C@H](c3nc(C)cn3C)C2)n1. The van der Waals surface area contributed by atoms with Gasteiger partial charge in [-0.05, 0) is 25.8 Å². The van der Waals surface area contributed by atoms with Crippen molar-refractivity contribution in [1.82, 2.24) is 24.2 Å². The van der Waals surface area contributed by atoms with Crippen LogP contribution in [0.15, 0.2) is 18.5 Å². The molecule has 1 amide bonds. The highest BCUT2D eigenvalue weighted by atomic mass is 16.2. The Bertz CT molecular complexity index is 672. The van der Waals surface area contributed by atoms with Gasteiger partial charge in [0.25, 0.3) is 5.91 Å². The van der Waals surface area contributed by atoms with Gasteiger partial charge in [-0.1, -0.05) is 6.92 Å². The summed E-state index contributed by atoms with van der Waals surface area (Å²) < 4.78 is 3.91. The third-order valence-corrected chi connectivity index (χ3v) is 4.19. The van der Waals surface area contributed by atoms with E-state index < -0.39 is 0 Å². The Hall–Kier alpha value is -2.11. The minimum absolute atomic E-state index is 0.0308. The molecular formula is C16H23N5O. The molecule has 118 valence electrons. The molecule has 1 saturated heterocycles. The van der Waals surface area contributed by atoms with Crippen molar-refractivity contribution in [3.8, 4) is 0 Å². The van der Waals surface area contributed by atoms with Crippen LogP contribution in [0, 0.1) is 6.92 Å². The number of carbonyl (C=O) groups excluding carboxylic acids is 1. The van der Waals surface area contributed by atoms with E-state index in [-0.39, 0.29) is 5.91 Å². The highest BCUT2D eigenvalue weighted by Gasteiger charge is 2.31. The second-order valence-electron chi connectivity index (χ2n) is 6.05. The Morgan fingerprint density at radius 1 is 1.45 bits per heavy atom. The van der Waals surface area contributed by atoms with Crippen molar-refractivity contribution in [2.24, 2.45) is 7.05 Å². The van der Waals surface area contributed by atoms with E-state index in [2.05, 4.69) is 21.6 Å². The van der Waals surface area contributed by atoms with Gasteiger partial charge in [0.15, 0.2) is 0 Å². The van der Waals surface area contributed by atoms with Crippen LogP contribution < -0.4 is 0 Å². The van der Waals surface area contributed by atoms with Gasteiger partial charge in [-0.15, -0.1) is 0 Å². The van der Waals surface area contributed by atoms with E-state index in [4.69, 9.17) is 0 Å². The molecule has 1 aliphatic heterocycles. The molecule has 1 atom stereocenters. The molecule has 3 rings (SSSR count). The maximum atomic E-state index is 12.6. The van der Waals surface area contributed by atoms with Crippen molar-refractivity contribution < 1.29 is 4.79 Å². The summed E-state index contributed by atoms with van der Waals surface area (Å²) in [6.45, 7) is 6.45. The molecule has 0 unspecified atom stereocenters. The Kier molecular flexibility index (Phi) is 4.00. The zero-order valence-corrected chi connectivity index (χ0v) is 13.5. The molecule has 0 radical (unpaired) electrons. The number of carbonyl (C=O) groups is 1. The number of aromatic nitrogens is 4. The second-order valence-corrected chi connectivity index (χ2v) is 6.05. The summed E-state index contributed by atoms with van der Waals surface area (Å²) >= 11 is 0. The quantitative estimate of drug-likeness (QED) is 0.867. The summed E-state index contributed by atoms with van der Waals surface area (Å²) in [4.78, 5) is 19.0. The van der Waals surface area contributed by atoms with E-state index in [0.717, 1.165) is 44.0 Å². The predicted octanol–water partition coefficient (Wildman–Crippen LogP) is 1.96. The van der Waals surface area contributed by atoms with Crippen LogP contribution in [0.3, 0.4) is 0 Å². The molecule has 6 heteroatoms. The van der Waals surface area contributed by atoms with E-state index in [1.54, 1.807) is 0 Å². The van der Waals surface area contributed by atoms with Gasteiger partial charge in [0, 0.05) is 45.0 Å². The van der Waals surface area contributed by atoms with Crippen LogP contribution in [0.4, 0.5) is 0 Å². The van der Waals surface area contributed by atoms with Gasteiger partial charge in [-0.2, -0.15) is 5.10 Å². The van der Waals surface area contributed by atoms with Crippen molar-refractivity contribution in [2.75, 3.05) is 13.1 Å². The average Bonchev–Trinajstić information content (AvgIpc) is 3.18. The zero-order chi connectivity index (χ0) is 15.7. The highest BCUT2D eigenvalue weighted by Crippen LogP contribution is 2.27. The fraction of sp³-hybridized carbons (Fsp3) is 0.562. The van der Waals surface area contributed by atoms with Crippen LogP contribution in [0.5, 0.6) is 0 Å². The fourth-order valence-corrected chi connectivity index (χ4v) is 3.16. The van der Waals surface area contributed by atoms with Gasteiger partial charge >= 0.3 is 0 Å². The van der Waals surface area contributed by atoms with E-state index in [9.17, 15) is 4.79 Å². The normalized spacial score (nSPS) is 18.1. The molecule has 22 heavy (non-hydrogen) atoms. The Morgan fingerprint density at radius 2 is 2.27 bits per heavy atom. The Morgan fingerprint density at radius 3 is 2.95 bits per heavy atom. The molecular weight excluding hydrogens is 278 g/mol. The lowest BCUT2D eigenvalue weighted by Crippen LogP contribution is -2.29. The van der Waals surface area contributed by atoms with E-state index in [0.29, 0.717) is 11.6 Å². The van der Waals surface area contributed by atoms with E-state index in [1.807, 2.05) is 42.0 Å². The average molecular weight is 301 g/mol. The van der Waals surface area contributed by atoms with Gasteiger partial charge in [0.1, 0.15) is 11.5 Å². The largest absolute Gasteiger partial charge is 0.337 e. The van der Waals surface area contributed by atoms with Gasteiger partial charge in [-0.3, -0.25) is 9.48 Å². The Labute approximate surface area is 130 Å². The van der Waals surface area contributed by atoms with Crippen molar-refractivity contribution in [1.29, 1.82) is 0 Å². The number of aryl methyl sites for hydroxylation is 3. The number of hydrogen-bond acceptors (Lipinski definition) is 3. The molecule has 2 aromatic rings. The van der Waals surface area contributed by atoms with Crippen LogP contribution in [-0.4, -0.2) is 43.2 Å². The van der Waals surface area contributed by atoms with Crippen molar-refractivity contribution in [2.45, 2.75) is 39.2 Å². The number of amides is 1. The molecule has 0 bridgehead atoms. The molecule has 0 aromatic carbocycles. The first-order valence-electron chi connectivity index (χ1n) is 7.91. The minimum atomic E-state index is 0.0308. The van der Waals surface area contributed by atoms with Crippen LogP contribution in [-0.2, 0) is 13.6 Å². The van der Waals surface area contributed by atoms with Crippen LogP contribution in [0.2, 0.25) is 0 Å². The van der Waals surface area contributed by atoms with Crippen LogP contribution >= 0.6 is 0 Å². The summed E-state index contributed by atoms with van der Waals surface area (Å²) in [5.41, 5.74) is 1.57. The van der Waals surface area contributed by atoms with Gasteiger partial charge in [0.05, 0.1) is 5.69 Å². The number of nitrogens with zero attached hydrogens (tertiary/aromatic N) is 5. The molecule has 0 N–H and O–H groups in total. The summed E-state index contributed by atoms with van der Waals surface area (Å²) in [6.07, 6.45) is 5.89. The summed E-state index contributed by atoms with van der Waals surface area (Å²) in [5, 5.41) is 4.37. The smallest absolute Gasteiger partial charge is 0.274 e. The molecule has 2 aromatic heterocycles. The van der Waals surface area contributed by atoms with Crippen molar-refractivity contribution in [3.05, 3.63) is 35.7 Å². The maximum Gasteiger partial charge on any atom is 0.274 e. The number of likely N-dealkylation sites (tertiary alicyclic amines) is 1. The lowest BCUT2D eigenvalue weighted by Gasteiger charge is -2.15. The zero-order valence-electron chi connectivity index (χ0n) is 13.5. The first-order valence-corrected chi connectivity index (χ1v) is 7.91. The van der Waals surface area contributed by atoms with E-state index >= 15 is 0 Å². The lowest BCUT2D eigenvalue weighted by molar-refractivity contribution is 0.0783. The van der Waals surface area contributed by atoms with Crippen molar-refractivity contribution >= 4 is 5.91 Å². The Balaban J connectivity index is 1.69. The van der Waals surface area contributed by atoms with Gasteiger partial charge < -0.3 is 9.47 Å². The second kappa shape index (κ2) is 5.94. The topological polar surface area (TPSA) is 56.0 Å². The summed E-state index contributed by atoms with van der Waals surface area (Å²) in [6, 6.07) is 1.82. The lowest BCUT2D eigenvalue weighted by atomic mass is 10.1. The molecule has 1 aliphatic rings. The maximum absolute atomic E-state index is 12.6. The molecule has 0 saturated carbocycles. The molecule has 0 spiro atoms. The molecule has 1 fully saturated rings. The fourth-order valence-electron chi connectivity index (χ4n) is 3.16. The first kappa shape index (κ1) is 14.8. The molecule has 0 aliphatic carbocycles. The first-order chi connectivity index (χ1) is 10.6. The third kappa shape index (κ3) is 2.77. The molecule has 6 nitrogen and oxygen atoms in total. The van der Waals surface area contributed by atoms with Gasteiger partial charge in [0.2, 0.25) is 0 Å². The van der Waals surface area contributed by atoms with Crippen LogP contribution in [0.25, 0.3) is 0 Å². The number of rotatable bonds is 4. The minimum Gasteiger partial charge on any atom is -0.337 e. The van der Waals surface area contributed by atoms with Gasteiger partial charge in [-0.25, -0.2) is 4.98 Å². The standard InChI is InChI=1S/C16H23N5O/c1-4-7-21-9-6-14(18-21)16(22)20-8-5-13(11-20)15-17-12(2)10-19(15)3/h6,9-10,13H,4-5,7-8,11H2,1-3H3/t13-/m0/s1. The van der Waals surface area contributed by atoms with Crippen molar-refractivity contribution in [3.63, 3.8) is 0 Å².